The van der Waals surface area contributed by atoms with Crippen molar-refractivity contribution in [1.29, 1.82) is 0 Å². The van der Waals surface area contributed by atoms with E-state index in [-0.39, 0.29) is 10.6 Å². The Morgan fingerprint density at radius 2 is 1.91 bits per heavy atom. The summed E-state index contributed by atoms with van der Waals surface area (Å²) in [5.41, 5.74) is 3.00. The van der Waals surface area contributed by atoms with E-state index in [9.17, 15) is 0 Å². The van der Waals surface area contributed by atoms with Crippen LogP contribution in [0.3, 0.4) is 0 Å². The van der Waals surface area contributed by atoms with Gasteiger partial charge in [0.05, 0.1) is 5.22 Å². The lowest BCUT2D eigenvalue weighted by Crippen LogP contribution is -2.61. The van der Waals surface area contributed by atoms with E-state index in [0.717, 1.165) is 25.9 Å². The molecule has 23 heavy (non-hydrogen) atoms. The molecule has 0 radical (unpaired) electrons. The van der Waals surface area contributed by atoms with Crippen molar-refractivity contribution >= 4 is 8.07 Å². The normalized spacial score (nSPS) is 25.3. The molecule has 0 amide bonds. The minimum Gasteiger partial charge on any atom is -0.373 e. The molecule has 1 atom stereocenters. The van der Waals surface area contributed by atoms with Crippen molar-refractivity contribution in [3.63, 3.8) is 0 Å². The Morgan fingerprint density at radius 1 is 1.22 bits per heavy atom. The Bertz CT molecular complexity index is 569. The van der Waals surface area contributed by atoms with Crippen LogP contribution in [0.2, 0.25) is 13.1 Å². The molecular weight excluding hydrogens is 296 g/mol. The number of hydrogen-bond acceptors (Lipinski definition) is 1. The number of hydrogen-bond donors (Lipinski definition) is 0. The smallest absolute Gasteiger partial charge is 0.122 e. The van der Waals surface area contributed by atoms with Crippen molar-refractivity contribution in [3.05, 3.63) is 46.7 Å². The number of rotatable bonds is 5. The predicted octanol–water partition coefficient (Wildman–Crippen LogP) is 6.15. The fourth-order valence-electron chi connectivity index (χ4n) is 3.98. The summed E-state index contributed by atoms with van der Waals surface area (Å²) in [6.07, 6.45) is 15.0. The van der Waals surface area contributed by atoms with Gasteiger partial charge >= 0.3 is 0 Å². The van der Waals surface area contributed by atoms with E-state index < -0.39 is 8.07 Å². The van der Waals surface area contributed by atoms with Crippen LogP contribution >= 0.6 is 0 Å². The van der Waals surface area contributed by atoms with Gasteiger partial charge in [0.1, 0.15) is 8.07 Å². The highest BCUT2D eigenvalue weighted by Gasteiger charge is 2.54. The molecule has 1 nitrogen and oxygen atoms in total. The van der Waals surface area contributed by atoms with Crippen molar-refractivity contribution in [2.75, 3.05) is 6.61 Å². The van der Waals surface area contributed by atoms with E-state index >= 15 is 0 Å². The highest BCUT2D eigenvalue weighted by molar-refractivity contribution is 6.88. The zero-order valence-electron chi connectivity index (χ0n) is 16.1. The lowest BCUT2D eigenvalue weighted by molar-refractivity contribution is 0.0256. The van der Waals surface area contributed by atoms with Gasteiger partial charge in [0.2, 0.25) is 0 Å². The quantitative estimate of drug-likeness (QED) is 0.549. The molecule has 0 aromatic carbocycles. The summed E-state index contributed by atoms with van der Waals surface area (Å²) in [4.78, 5) is 0. The van der Waals surface area contributed by atoms with Gasteiger partial charge in [0.15, 0.2) is 0 Å². The minimum absolute atomic E-state index is 0.121. The fourth-order valence-corrected chi connectivity index (χ4v) is 7.80. The van der Waals surface area contributed by atoms with Gasteiger partial charge in [-0.1, -0.05) is 81.9 Å². The average molecular weight is 331 g/mol. The molecule has 128 valence electrons. The van der Waals surface area contributed by atoms with Gasteiger partial charge in [0.25, 0.3) is 0 Å². The standard InChI is InChI=1S/C21H34OSi/c1-8-15-22-21(23(6,7)18-11-9-10-12-18)14-13-17(2)16-19(21)20(3,4)5/h9,11-13,16H,8,10,14-15H2,1-7H3. The largest absolute Gasteiger partial charge is 0.373 e. The molecule has 0 aliphatic heterocycles. The zero-order chi connectivity index (χ0) is 17.3. The van der Waals surface area contributed by atoms with Crippen molar-refractivity contribution in [2.24, 2.45) is 5.41 Å². The van der Waals surface area contributed by atoms with Crippen molar-refractivity contribution in [3.8, 4) is 0 Å². The van der Waals surface area contributed by atoms with Crippen LogP contribution in [0, 0.1) is 5.41 Å². The molecule has 0 spiro atoms. The van der Waals surface area contributed by atoms with Crippen LogP contribution in [-0.4, -0.2) is 19.9 Å². The second-order valence-electron chi connectivity index (χ2n) is 8.56. The molecule has 0 bridgehead atoms. The van der Waals surface area contributed by atoms with Crippen molar-refractivity contribution in [2.45, 2.75) is 72.2 Å². The van der Waals surface area contributed by atoms with E-state index in [1.807, 2.05) is 0 Å². The monoisotopic (exact) mass is 330 g/mol. The Balaban J connectivity index is 2.59. The Morgan fingerprint density at radius 3 is 2.43 bits per heavy atom. The van der Waals surface area contributed by atoms with Gasteiger partial charge in [-0.15, -0.1) is 0 Å². The van der Waals surface area contributed by atoms with E-state index in [0.29, 0.717) is 0 Å². The summed E-state index contributed by atoms with van der Waals surface area (Å²) < 4.78 is 6.76. The maximum atomic E-state index is 6.76. The zero-order valence-corrected chi connectivity index (χ0v) is 17.1. The molecule has 2 rings (SSSR count). The Hall–Kier alpha value is -0.863. The van der Waals surface area contributed by atoms with Gasteiger partial charge in [0, 0.05) is 6.61 Å². The van der Waals surface area contributed by atoms with Crippen LogP contribution in [-0.2, 0) is 4.74 Å². The molecule has 0 aromatic rings. The lowest BCUT2D eigenvalue weighted by atomic mass is 9.78. The molecule has 0 aromatic heterocycles. The summed E-state index contributed by atoms with van der Waals surface area (Å²) in [6, 6.07) is 0. The first-order chi connectivity index (χ1) is 10.6. The van der Waals surface area contributed by atoms with Crippen LogP contribution in [0.4, 0.5) is 0 Å². The van der Waals surface area contributed by atoms with Gasteiger partial charge in [-0.05, 0) is 37.2 Å². The molecule has 2 heteroatoms. The van der Waals surface area contributed by atoms with Crippen LogP contribution in [0.5, 0.6) is 0 Å². The molecule has 0 saturated heterocycles. The first kappa shape index (κ1) is 18.5. The van der Waals surface area contributed by atoms with Gasteiger partial charge in [-0.3, -0.25) is 0 Å². The first-order valence-corrected chi connectivity index (χ1v) is 12.1. The summed E-state index contributed by atoms with van der Waals surface area (Å²) in [5.74, 6) is 0. The summed E-state index contributed by atoms with van der Waals surface area (Å²) in [6.45, 7) is 17.3. The molecule has 0 saturated carbocycles. The third-order valence-electron chi connectivity index (χ3n) is 5.38. The van der Waals surface area contributed by atoms with Gasteiger partial charge in [-0.2, -0.15) is 0 Å². The molecule has 0 heterocycles. The Kier molecular flexibility index (Phi) is 5.27. The van der Waals surface area contributed by atoms with E-state index in [1.165, 1.54) is 11.1 Å². The second-order valence-corrected chi connectivity index (χ2v) is 13.2. The van der Waals surface area contributed by atoms with Crippen LogP contribution < -0.4 is 0 Å². The maximum Gasteiger partial charge on any atom is 0.122 e. The third kappa shape index (κ3) is 3.34. The topological polar surface area (TPSA) is 9.23 Å². The van der Waals surface area contributed by atoms with Gasteiger partial charge in [-0.25, -0.2) is 0 Å². The van der Waals surface area contributed by atoms with Crippen LogP contribution in [0.15, 0.2) is 46.7 Å². The number of allylic oxidation sites excluding steroid dienone is 6. The van der Waals surface area contributed by atoms with E-state index in [4.69, 9.17) is 4.74 Å². The SMILES string of the molecule is CCCOC1([Si](C)(C)C2=CCC=C2)CC=C(C)C=C1C(C)(C)C. The van der Waals surface area contributed by atoms with Crippen molar-refractivity contribution < 1.29 is 4.74 Å². The first-order valence-electron chi connectivity index (χ1n) is 9.05. The molecule has 0 N–H and O–H groups in total. The van der Waals surface area contributed by atoms with Gasteiger partial charge < -0.3 is 4.74 Å². The second kappa shape index (κ2) is 6.56. The summed E-state index contributed by atoms with van der Waals surface area (Å²) in [5, 5.41) is 1.43. The average Bonchev–Trinajstić information content (AvgIpc) is 3.00. The van der Waals surface area contributed by atoms with Crippen LogP contribution in [0.1, 0.15) is 53.9 Å². The molecular formula is C21H34OSi. The third-order valence-corrected chi connectivity index (χ3v) is 9.83. The lowest BCUT2D eigenvalue weighted by Gasteiger charge is -2.52. The highest BCUT2D eigenvalue weighted by Crippen LogP contribution is 2.49. The molecule has 2 aliphatic rings. The Labute approximate surface area is 144 Å². The number of ether oxygens (including phenoxy) is 1. The predicted molar refractivity (Wildman–Crippen MR) is 104 cm³/mol. The highest BCUT2D eigenvalue weighted by atomic mass is 28.3. The molecule has 2 aliphatic carbocycles. The van der Waals surface area contributed by atoms with Crippen LogP contribution in [0.25, 0.3) is 0 Å². The minimum atomic E-state index is -1.82. The summed E-state index contributed by atoms with van der Waals surface area (Å²) >= 11 is 0. The van der Waals surface area contributed by atoms with E-state index in [2.05, 4.69) is 78.1 Å². The van der Waals surface area contributed by atoms with E-state index in [1.54, 1.807) is 5.20 Å². The molecule has 0 fully saturated rings. The fraction of sp³-hybridized carbons (Fsp3) is 0.619. The molecule has 1 unspecified atom stereocenters. The van der Waals surface area contributed by atoms with Crippen molar-refractivity contribution in [1.82, 2.24) is 0 Å². The maximum absolute atomic E-state index is 6.76. The summed E-state index contributed by atoms with van der Waals surface area (Å²) in [7, 11) is -1.82.